The number of carboxylic acids is 1. The fourth-order valence-corrected chi connectivity index (χ4v) is 1.51. The molecule has 4 nitrogen and oxygen atoms in total. The minimum Gasteiger partial charge on any atom is -0.480 e. The first-order valence-corrected chi connectivity index (χ1v) is 5.84. The van der Waals surface area contributed by atoms with Gasteiger partial charge in [0.1, 0.15) is 11.9 Å². The molecule has 0 fully saturated rings. The van der Waals surface area contributed by atoms with Crippen molar-refractivity contribution in [2.45, 2.75) is 12.5 Å². The highest BCUT2D eigenvalue weighted by Gasteiger charge is 2.19. The fourth-order valence-electron chi connectivity index (χ4n) is 1.27. The Bertz CT molecular complexity index is 490. The zero-order chi connectivity index (χ0) is 13.7. The van der Waals surface area contributed by atoms with Crippen LogP contribution in [0, 0.1) is 5.82 Å². The SMILES string of the molecule is C=CCC(NC(=O)c1ccc(Br)c(F)c1)C(=O)O. The molecule has 0 aliphatic carbocycles. The minimum absolute atomic E-state index is 0.0611. The Balaban J connectivity index is 2.83. The molecule has 96 valence electrons. The first kappa shape index (κ1) is 14.4. The van der Waals surface area contributed by atoms with Gasteiger partial charge >= 0.3 is 5.97 Å². The lowest BCUT2D eigenvalue weighted by molar-refractivity contribution is -0.139. The number of amides is 1. The van der Waals surface area contributed by atoms with E-state index in [1.807, 2.05) is 0 Å². The summed E-state index contributed by atoms with van der Waals surface area (Å²) in [6, 6.07) is 2.75. The van der Waals surface area contributed by atoms with Crippen LogP contribution in [0.3, 0.4) is 0 Å². The third-order valence-electron chi connectivity index (χ3n) is 2.19. The normalized spacial score (nSPS) is 11.7. The molecule has 2 N–H and O–H groups in total. The molecule has 0 saturated carbocycles. The quantitative estimate of drug-likeness (QED) is 0.820. The average molecular weight is 316 g/mol. The van der Waals surface area contributed by atoms with Gasteiger partial charge in [-0.2, -0.15) is 0 Å². The molecule has 0 spiro atoms. The molecule has 1 amide bonds. The van der Waals surface area contributed by atoms with E-state index in [1.54, 1.807) is 0 Å². The second-order valence-electron chi connectivity index (χ2n) is 3.52. The summed E-state index contributed by atoms with van der Waals surface area (Å²) in [7, 11) is 0. The summed E-state index contributed by atoms with van der Waals surface area (Å²) in [6.07, 6.45) is 1.49. The minimum atomic E-state index is -1.17. The molecule has 0 heterocycles. The Morgan fingerprint density at radius 1 is 1.56 bits per heavy atom. The largest absolute Gasteiger partial charge is 0.480 e. The highest BCUT2D eigenvalue weighted by molar-refractivity contribution is 9.10. The van der Waals surface area contributed by atoms with Crippen LogP contribution < -0.4 is 5.32 Å². The summed E-state index contributed by atoms with van der Waals surface area (Å²) in [5.41, 5.74) is 0.0611. The predicted octanol–water partition coefficient (Wildman–Crippen LogP) is 2.35. The van der Waals surface area contributed by atoms with Crippen LogP contribution in [0.5, 0.6) is 0 Å². The number of carboxylic acid groups (broad SMARTS) is 1. The van der Waals surface area contributed by atoms with Crippen LogP contribution >= 0.6 is 15.9 Å². The molecule has 0 aliphatic rings. The molecule has 1 aromatic carbocycles. The lowest BCUT2D eigenvalue weighted by Crippen LogP contribution is -2.40. The van der Waals surface area contributed by atoms with Crippen LogP contribution in [0.2, 0.25) is 0 Å². The summed E-state index contributed by atoms with van der Waals surface area (Å²) in [5, 5.41) is 11.1. The van der Waals surface area contributed by atoms with E-state index in [1.165, 1.54) is 18.2 Å². The van der Waals surface area contributed by atoms with Crippen molar-refractivity contribution in [2.75, 3.05) is 0 Å². The highest BCUT2D eigenvalue weighted by atomic mass is 79.9. The highest BCUT2D eigenvalue weighted by Crippen LogP contribution is 2.16. The molecule has 1 rings (SSSR count). The van der Waals surface area contributed by atoms with Gasteiger partial charge in [-0.15, -0.1) is 6.58 Å². The number of carbonyl (C=O) groups is 2. The van der Waals surface area contributed by atoms with Gasteiger partial charge in [-0.1, -0.05) is 6.08 Å². The molecule has 0 aromatic heterocycles. The third-order valence-corrected chi connectivity index (χ3v) is 2.83. The number of nitrogens with one attached hydrogen (secondary N) is 1. The number of hydrogen-bond donors (Lipinski definition) is 2. The van der Waals surface area contributed by atoms with Crippen LogP contribution in [0.4, 0.5) is 4.39 Å². The van der Waals surface area contributed by atoms with Crippen molar-refractivity contribution in [1.82, 2.24) is 5.32 Å². The number of carbonyl (C=O) groups excluding carboxylic acids is 1. The van der Waals surface area contributed by atoms with Crippen molar-refractivity contribution in [1.29, 1.82) is 0 Å². The lowest BCUT2D eigenvalue weighted by Gasteiger charge is -2.12. The van der Waals surface area contributed by atoms with Crippen LogP contribution in [0.25, 0.3) is 0 Å². The van der Waals surface area contributed by atoms with Crippen LogP contribution in [0.1, 0.15) is 16.8 Å². The van der Waals surface area contributed by atoms with Gasteiger partial charge in [-0.25, -0.2) is 9.18 Å². The van der Waals surface area contributed by atoms with E-state index in [-0.39, 0.29) is 16.5 Å². The Morgan fingerprint density at radius 2 is 2.22 bits per heavy atom. The van der Waals surface area contributed by atoms with Crippen LogP contribution in [-0.2, 0) is 4.79 Å². The Kier molecular flexibility index (Phi) is 5.03. The van der Waals surface area contributed by atoms with Gasteiger partial charge in [0.2, 0.25) is 0 Å². The topological polar surface area (TPSA) is 66.4 Å². The second kappa shape index (κ2) is 6.30. The van der Waals surface area contributed by atoms with E-state index in [4.69, 9.17) is 5.11 Å². The Hall–Kier alpha value is -1.69. The van der Waals surface area contributed by atoms with Gasteiger partial charge < -0.3 is 10.4 Å². The van der Waals surface area contributed by atoms with E-state index in [0.717, 1.165) is 6.07 Å². The number of benzene rings is 1. The molecule has 18 heavy (non-hydrogen) atoms. The van der Waals surface area contributed by atoms with E-state index in [2.05, 4.69) is 27.8 Å². The van der Waals surface area contributed by atoms with Crippen molar-refractivity contribution in [2.24, 2.45) is 0 Å². The summed E-state index contributed by atoms with van der Waals surface area (Å²) in [5.74, 6) is -2.39. The van der Waals surface area contributed by atoms with E-state index < -0.39 is 23.7 Å². The summed E-state index contributed by atoms with van der Waals surface area (Å²) >= 11 is 2.96. The fraction of sp³-hybridized carbons (Fsp3) is 0.167. The lowest BCUT2D eigenvalue weighted by atomic mass is 10.1. The maximum Gasteiger partial charge on any atom is 0.326 e. The van der Waals surface area contributed by atoms with Gasteiger partial charge in [-0.3, -0.25) is 4.79 Å². The summed E-state index contributed by atoms with van der Waals surface area (Å²) in [4.78, 5) is 22.5. The molecule has 0 bridgehead atoms. The summed E-state index contributed by atoms with van der Waals surface area (Å²) in [6.45, 7) is 3.41. The number of aliphatic carboxylic acids is 1. The van der Waals surface area contributed by atoms with Crippen molar-refractivity contribution in [3.8, 4) is 0 Å². The Morgan fingerprint density at radius 3 is 2.72 bits per heavy atom. The predicted molar refractivity (Wildman–Crippen MR) is 67.8 cm³/mol. The van der Waals surface area contributed by atoms with E-state index >= 15 is 0 Å². The Labute approximate surface area is 112 Å². The first-order chi connectivity index (χ1) is 8.45. The van der Waals surface area contributed by atoms with Gasteiger partial charge in [-0.05, 0) is 40.5 Å². The van der Waals surface area contributed by atoms with Crippen molar-refractivity contribution >= 4 is 27.8 Å². The van der Waals surface area contributed by atoms with E-state index in [0.29, 0.717) is 0 Å². The molecule has 1 unspecified atom stereocenters. The molecule has 0 saturated heterocycles. The van der Waals surface area contributed by atoms with Crippen LogP contribution in [0.15, 0.2) is 35.3 Å². The monoisotopic (exact) mass is 315 g/mol. The molecule has 0 radical (unpaired) electrons. The molecule has 0 aliphatic heterocycles. The zero-order valence-electron chi connectivity index (χ0n) is 9.32. The van der Waals surface area contributed by atoms with Crippen molar-refractivity contribution in [3.05, 3.63) is 46.7 Å². The van der Waals surface area contributed by atoms with Gasteiger partial charge in [0, 0.05) is 5.56 Å². The molecule has 1 aromatic rings. The van der Waals surface area contributed by atoms with Crippen molar-refractivity contribution < 1.29 is 19.1 Å². The number of halogens is 2. The average Bonchev–Trinajstić information content (AvgIpc) is 2.31. The smallest absolute Gasteiger partial charge is 0.326 e. The second-order valence-corrected chi connectivity index (χ2v) is 4.37. The van der Waals surface area contributed by atoms with Gasteiger partial charge in [0.15, 0.2) is 0 Å². The zero-order valence-corrected chi connectivity index (χ0v) is 10.9. The van der Waals surface area contributed by atoms with Crippen LogP contribution in [-0.4, -0.2) is 23.0 Å². The third kappa shape index (κ3) is 3.66. The summed E-state index contributed by atoms with van der Waals surface area (Å²) < 4.78 is 13.5. The first-order valence-electron chi connectivity index (χ1n) is 5.05. The number of rotatable bonds is 5. The maximum absolute atomic E-state index is 13.2. The van der Waals surface area contributed by atoms with E-state index in [9.17, 15) is 14.0 Å². The number of hydrogen-bond acceptors (Lipinski definition) is 2. The van der Waals surface area contributed by atoms with Gasteiger partial charge in [0.25, 0.3) is 5.91 Å². The molecule has 1 atom stereocenters. The standard InChI is InChI=1S/C12H11BrFNO3/c1-2-3-10(12(17)18)15-11(16)7-4-5-8(13)9(14)6-7/h2,4-6,10H,1,3H2,(H,15,16)(H,17,18). The molecular weight excluding hydrogens is 305 g/mol. The van der Waals surface area contributed by atoms with Crippen molar-refractivity contribution in [3.63, 3.8) is 0 Å². The maximum atomic E-state index is 13.2. The van der Waals surface area contributed by atoms with Gasteiger partial charge in [0.05, 0.1) is 4.47 Å². The molecular formula is C12H11BrFNO3. The molecule has 6 heteroatoms.